The molecule has 1 aliphatic carbocycles. The second kappa shape index (κ2) is 5.87. The Labute approximate surface area is 117 Å². The summed E-state index contributed by atoms with van der Waals surface area (Å²) in [5.41, 5.74) is 2.30. The van der Waals surface area contributed by atoms with E-state index in [1.807, 2.05) is 12.1 Å². The molecule has 0 aromatic heterocycles. The Bertz CT molecular complexity index is 424. The van der Waals surface area contributed by atoms with Gasteiger partial charge in [0.15, 0.2) is 0 Å². The molecule has 1 aromatic rings. The molecule has 0 radical (unpaired) electrons. The van der Waals surface area contributed by atoms with E-state index in [1.54, 1.807) is 0 Å². The van der Waals surface area contributed by atoms with Crippen molar-refractivity contribution in [2.45, 2.75) is 44.6 Å². The normalized spacial score (nSPS) is 17.7. The van der Waals surface area contributed by atoms with Crippen LogP contribution in [-0.4, -0.2) is 16.8 Å². The van der Waals surface area contributed by atoms with Gasteiger partial charge in [-0.25, -0.2) is 0 Å². The molecule has 18 heavy (non-hydrogen) atoms. The minimum atomic E-state index is 0.000901. The van der Waals surface area contributed by atoms with Crippen molar-refractivity contribution in [2.24, 2.45) is 0 Å². The first-order valence-corrected chi connectivity index (χ1v) is 7.68. The molecular weight excluding hydrogens is 290 g/mol. The van der Waals surface area contributed by atoms with E-state index in [0.717, 1.165) is 23.7 Å². The average molecular weight is 310 g/mol. The van der Waals surface area contributed by atoms with Crippen molar-refractivity contribution in [3.8, 4) is 0 Å². The molecule has 98 valence electrons. The molecular formula is C15H20BrNO. The van der Waals surface area contributed by atoms with Crippen molar-refractivity contribution in [3.05, 3.63) is 35.4 Å². The molecule has 3 heteroatoms. The van der Waals surface area contributed by atoms with Crippen LogP contribution in [-0.2, 0) is 11.2 Å². The van der Waals surface area contributed by atoms with Crippen molar-refractivity contribution in [1.82, 2.24) is 5.32 Å². The number of halogens is 1. The third-order valence-electron chi connectivity index (χ3n) is 3.67. The Morgan fingerprint density at radius 1 is 1.39 bits per heavy atom. The number of rotatable bonds is 4. The van der Waals surface area contributed by atoms with Crippen LogP contribution in [0.3, 0.4) is 0 Å². The molecule has 1 amide bonds. The largest absolute Gasteiger partial charge is 0.350 e. The lowest BCUT2D eigenvalue weighted by molar-refractivity contribution is -0.122. The Morgan fingerprint density at radius 2 is 2.11 bits per heavy atom. The van der Waals surface area contributed by atoms with Gasteiger partial charge in [-0.3, -0.25) is 4.79 Å². The van der Waals surface area contributed by atoms with Crippen molar-refractivity contribution < 1.29 is 4.79 Å². The van der Waals surface area contributed by atoms with Gasteiger partial charge in [-0.1, -0.05) is 58.6 Å². The van der Waals surface area contributed by atoms with E-state index in [1.165, 1.54) is 18.4 Å². The molecule has 0 aliphatic heterocycles. The molecule has 2 nitrogen and oxygen atoms in total. The number of alkyl halides is 1. The summed E-state index contributed by atoms with van der Waals surface area (Å²) in [4.78, 5) is 12.1. The van der Waals surface area contributed by atoms with Gasteiger partial charge < -0.3 is 5.32 Å². The standard InChI is InChI=1S/C15H20BrNO/c1-12-5-4-6-13(9-12)10-14(18)17-15(11-16)7-2-3-8-15/h4-6,9H,2-3,7-8,10-11H2,1H3,(H,17,18). The zero-order valence-corrected chi connectivity index (χ0v) is 12.4. The van der Waals surface area contributed by atoms with E-state index >= 15 is 0 Å². The number of aryl methyl sites for hydroxylation is 1. The lowest BCUT2D eigenvalue weighted by Crippen LogP contribution is -2.48. The zero-order chi connectivity index (χ0) is 13.0. The predicted molar refractivity (Wildman–Crippen MR) is 78.0 cm³/mol. The third-order valence-corrected chi connectivity index (χ3v) is 4.74. The number of hydrogen-bond donors (Lipinski definition) is 1. The van der Waals surface area contributed by atoms with Crippen LogP contribution < -0.4 is 5.32 Å². The number of benzene rings is 1. The van der Waals surface area contributed by atoms with E-state index in [9.17, 15) is 4.79 Å². The molecule has 1 aromatic carbocycles. The Kier molecular flexibility index (Phi) is 4.44. The van der Waals surface area contributed by atoms with Crippen LogP contribution in [0, 0.1) is 6.92 Å². The smallest absolute Gasteiger partial charge is 0.224 e. The van der Waals surface area contributed by atoms with E-state index in [4.69, 9.17) is 0 Å². The second-order valence-corrected chi connectivity index (χ2v) is 5.90. The Balaban J connectivity index is 1.96. The van der Waals surface area contributed by atoms with Gasteiger partial charge in [0.05, 0.1) is 6.42 Å². The number of hydrogen-bond acceptors (Lipinski definition) is 1. The average Bonchev–Trinajstić information content (AvgIpc) is 2.78. The van der Waals surface area contributed by atoms with Gasteiger partial charge in [0.2, 0.25) is 5.91 Å². The number of amides is 1. The van der Waals surface area contributed by atoms with Crippen molar-refractivity contribution in [2.75, 3.05) is 5.33 Å². The molecule has 0 bridgehead atoms. The molecule has 1 saturated carbocycles. The summed E-state index contributed by atoms with van der Waals surface area (Å²) >= 11 is 3.54. The highest BCUT2D eigenvalue weighted by Crippen LogP contribution is 2.31. The highest BCUT2D eigenvalue weighted by Gasteiger charge is 2.33. The maximum Gasteiger partial charge on any atom is 0.224 e. The molecule has 2 rings (SSSR count). The fourth-order valence-corrected chi connectivity index (χ4v) is 3.39. The summed E-state index contributed by atoms with van der Waals surface area (Å²) < 4.78 is 0. The van der Waals surface area contributed by atoms with Gasteiger partial charge in [-0.2, -0.15) is 0 Å². The summed E-state index contributed by atoms with van der Waals surface area (Å²) in [7, 11) is 0. The lowest BCUT2D eigenvalue weighted by atomic mass is 10.00. The minimum Gasteiger partial charge on any atom is -0.350 e. The summed E-state index contributed by atoms with van der Waals surface area (Å²) in [5, 5.41) is 4.08. The van der Waals surface area contributed by atoms with Crippen LogP contribution in [0.5, 0.6) is 0 Å². The fourth-order valence-electron chi connectivity index (χ4n) is 2.69. The van der Waals surface area contributed by atoms with E-state index in [2.05, 4.69) is 40.3 Å². The first-order valence-electron chi connectivity index (χ1n) is 6.56. The van der Waals surface area contributed by atoms with Crippen LogP contribution in [0.15, 0.2) is 24.3 Å². The van der Waals surface area contributed by atoms with Crippen LogP contribution in [0.1, 0.15) is 36.8 Å². The highest BCUT2D eigenvalue weighted by atomic mass is 79.9. The first kappa shape index (κ1) is 13.6. The molecule has 1 N–H and O–H groups in total. The van der Waals surface area contributed by atoms with Gasteiger partial charge in [0.1, 0.15) is 0 Å². The first-order chi connectivity index (χ1) is 8.63. The SMILES string of the molecule is Cc1cccc(CC(=O)NC2(CBr)CCCC2)c1. The van der Waals surface area contributed by atoms with Crippen LogP contribution in [0.2, 0.25) is 0 Å². The van der Waals surface area contributed by atoms with Crippen LogP contribution in [0.4, 0.5) is 0 Å². The molecule has 1 aliphatic rings. The van der Waals surface area contributed by atoms with E-state index in [0.29, 0.717) is 6.42 Å². The number of carbonyl (C=O) groups excluding carboxylic acids is 1. The maximum atomic E-state index is 12.1. The fraction of sp³-hybridized carbons (Fsp3) is 0.533. The van der Waals surface area contributed by atoms with Crippen LogP contribution >= 0.6 is 15.9 Å². The monoisotopic (exact) mass is 309 g/mol. The van der Waals surface area contributed by atoms with E-state index < -0.39 is 0 Å². The topological polar surface area (TPSA) is 29.1 Å². The van der Waals surface area contributed by atoms with Gasteiger partial charge in [-0.05, 0) is 25.3 Å². The predicted octanol–water partition coefficient (Wildman–Crippen LogP) is 3.36. The van der Waals surface area contributed by atoms with E-state index in [-0.39, 0.29) is 11.4 Å². The van der Waals surface area contributed by atoms with Crippen LogP contribution in [0.25, 0.3) is 0 Å². The second-order valence-electron chi connectivity index (χ2n) is 5.34. The lowest BCUT2D eigenvalue weighted by Gasteiger charge is -2.28. The molecule has 0 saturated heterocycles. The van der Waals surface area contributed by atoms with Gasteiger partial charge in [-0.15, -0.1) is 0 Å². The van der Waals surface area contributed by atoms with Gasteiger partial charge in [0, 0.05) is 10.9 Å². The van der Waals surface area contributed by atoms with Gasteiger partial charge >= 0.3 is 0 Å². The minimum absolute atomic E-state index is 0.000901. The molecule has 0 unspecified atom stereocenters. The quantitative estimate of drug-likeness (QED) is 0.849. The zero-order valence-electron chi connectivity index (χ0n) is 10.8. The maximum absolute atomic E-state index is 12.1. The summed E-state index contributed by atoms with van der Waals surface area (Å²) in [5.74, 6) is 0.141. The Morgan fingerprint density at radius 3 is 2.72 bits per heavy atom. The van der Waals surface area contributed by atoms with Gasteiger partial charge in [0.25, 0.3) is 0 Å². The molecule has 0 heterocycles. The summed E-state index contributed by atoms with van der Waals surface area (Å²) in [6, 6.07) is 8.16. The summed E-state index contributed by atoms with van der Waals surface area (Å²) in [6.45, 7) is 2.05. The van der Waals surface area contributed by atoms with Crippen molar-refractivity contribution in [3.63, 3.8) is 0 Å². The highest BCUT2D eigenvalue weighted by molar-refractivity contribution is 9.09. The third kappa shape index (κ3) is 3.35. The molecule has 1 fully saturated rings. The molecule has 0 spiro atoms. The van der Waals surface area contributed by atoms with Crippen molar-refractivity contribution >= 4 is 21.8 Å². The van der Waals surface area contributed by atoms with Crippen molar-refractivity contribution in [1.29, 1.82) is 0 Å². The Hall–Kier alpha value is -0.830. The summed E-state index contributed by atoms with van der Waals surface area (Å²) in [6.07, 6.45) is 5.11. The number of nitrogens with one attached hydrogen (secondary N) is 1. The number of carbonyl (C=O) groups is 1. The molecule has 0 atom stereocenters.